The lowest BCUT2D eigenvalue weighted by Crippen LogP contribution is -2.29. The summed E-state index contributed by atoms with van der Waals surface area (Å²) in [6.07, 6.45) is 6.23. The van der Waals surface area contributed by atoms with Crippen molar-refractivity contribution < 1.29 is 4.21 Å². The SMILES string of the molecule is CNC1CCCC1CCS(=O)CCC(C)C. The molecule has 0 saturated heterocycles. The molecule has 0 aromatic carbocycles. The Balaban J connectivity index is 2.16. The van der Waals surface area contributed by atoms with Crippen molar-refractivity contribution >= 4 is 10.8 Å². The van der Waals surface area contributed by atoms with E-state index in [1.165, 1.54) is 19.3 Å². The lowest BCUT2D eigenvalue weighted by atomic mass is 10.0. The van der Waals surface area contributed by atoms with Crippen molar-refractivity contribution in [3.63, 3.8) is 0 Å². The number of rotatable bonds is 7. The van der Waals surface area contributed by atoms with Crippen LogP contribution in [0.25, 0.3) is 0 Å². The molecule has 16 heavy (non-hydrogen) atoms. The summed E-state index contributed by atoms with van der Waals surface area (Å²) in [5.41, 5.74) is 0. The molecule has 0 heterocycles. The van der Waals surface area contributed by atoms with Gasteiger partial charge in [-0.2, -0.15) is 0 Å². The molecule has 2 nitrogen and oxygen atoms in total. The Bertz CT molecular complexity index is 218. The van der Waals surface area contributed by atoms with E-state index in [4.69, 9.17) is 0 Å². The van der Waals surface area contributed by atoms with Crippen LogP contribution in [0.1, 0.15) is 46.0 Å². The van der Waals surface area contributed by atoms with Crippen LogP contribution in [-0.4, -0.2) is 28.8 Å². The number of hydrogen-bond acceptors (Lipinski definition) is 2. The Morgan fingerprint density at radius 1 is 1.31 bits per heavy atom. The Morgan fingerprint density at radius 2 is 2.06 bits per heavy atom. The van der Waals surface area contributed by atoms with Gasteiger partial charge in [0.05, 0.1) is 0 Å². The summed E-state index contributed by atoms with van der Waals surface area (Å²) >= 11 is 0. The van der Waals surface area contributed by atoms with Crippen LogP contribution in [0, 0.1) is 11.8 Å². The molecule has 96 valence electrons. The van der Waals surface area contributed by atoms with Crippen LogP contribution < -0.4 is 5.32 Å². The van der Waals surface area contributed by atoms with Crippen molar-refractivity contribution in [2.75, 3.05) is 18.6 Å². The van der Waals surface area contributed by atoms with Crippen LogP contribution >= 0.6 is 0 Å². The largest absolute Gasteiger partial charge is 0.317 e. The second-order valence-electron chi connectivity index (χ2n) is 5.41. The van der Waals surface area contributed by atoms with Gasteiger partial charge in [0.25, 0.3) is 0 Å². The third-order valence-electron chi connectivity index (χ3n) is 3.67. The van der Waals surface area contributed by atoms with Crippen molar-refractivity contribution in [1.82, 2.24) is 5.32 Å². The van der Waals surface area contributed by atoms with Gasteiger partial charge in [0.1, 0.15) is 0 Å². The van der Waals surface area contributed by atoms with Gasteiger partial charge in [-0.25, -0.2) is 0 Å². The summed E-state index contributed by atoms with van der Waals surface area (Å²) in [6, 6.07) is 0.682. The maximum absolute atomic E-state index is 11.8. The predicted molar refractivity (Wildman–Crippen MR) is 72.1 cm³/mol. The number of hydrogen-bond donors (Lipinski definition) is 1. The van der Waals surface area contributed by atoms with Gasteiger partial charge in [-0.3, -0.25) is 4.21 Å². The summed E-state index contributed by atoms with van der Waals surface area (Å²) in [5.74, 6) is 3.26. The number of nitrogens with one attached hydrogen (secondary N) is 1. The molecule has 1 saturated carbocycles. The van der Waals surface area contributed by atoms with Gasteiger partial charge < -0.3 is 5.32 Å². The van der Waals surface area contributed by atoms with E-state index < -0.39 is 10.8 Å². The molecule has 0 spiro atoms. The fraction of sp³-hybridized carbons (Fsp3) is 1.00. The topological polar surface area (TPSA) is 29.1 Å². The first-order valence-electron chi connectivity index (χ1n) is 6.65. The van der Waals surface area contributed by atoms with Crippen molar-refractivity contribution in [1.29, 1.82) is 0 Å². The Labute approximate surface area is 103 Å². The fourth-order valence-corrected chi connectivity index (χ4v) is 4.02. The molecule has 3 atom stereocenters. The van der Waals surface area contributed by atoms with Crippen LogP contribution in [0.3, 0.4) is 0 Å². The summed E-state index contributed by atoms with van der Waals surface area (Å²) in [5, 5.41) is 3.39. The standard InChI is InChI=1S/C13H27NOS/c1-11(2)7-9-16(15)10-8-12-5-4-6-13(12)14-3/h11-14H,4-10H2,1-3H3. The third kappa shape index (κ3) is 4.96. The molecule has 3 heteroatoms. The molecule has 3 unspecified atom stereocenters. The summed E-state index contributed by atoms with van der Waals surface area (Å²) in [7, 11) is 1.47. The lowest BCUT2D eigenvalue weighted by Gasteiger charge is -2.18. The molecule has 1 aliphatic carbocycles. The van der Waals surface area contributed by atoms with E-state index >= 15 is 0 Å². The van der Waals surface area contributed by atoms with Gasteiger partial charge >= 0.3 is 0 Å². The van der Waals surface area contributed by atoms with Crippen molar-refractivity contribution in [3.8, 4) is 0 Å². The molecule has 1 aliphatic rings. The maximum atomic E-state index is 11.8. The predicted octanol–water partition coefficient (Wildman–Crippen LogP) is 2.56. The molecule has 0 aromatic rings. The first-order valence-corrected chi connectivity index (χ1v) is 8.14. The summed E-state index contributed by atoms with van der Waals surface area (Å²) < 4.78 is 11.8. The van der Waals surface area contributed by atoms with Crippen LogP contribution in [0.4, 0.5) is 0 Å². The van der Waals surface area contributed by atoms with Crippen LogP contribution in [0.5, 0.6) is 0 Å². The zero-order valence-electron chi connectivity index (χ0n) is 11.0. The monoisotopic (exact) mass is 245 g/mol. The Morgan fingerprint density at radius 3 is 2.69 bits per heavy atom. The van der Waals surface area contributed by atoms with Gasteiger partial charge in [0, 0.05) is 28.3 Å². The van der Waals surface area contributed by atoms with E-state index in [1.54, 1.807) is 0 Å². The first-order chi connectivity index (χ1) is 7.63. The van der Waals surface area contributed by atoms with E-state index in [1.807, 2.05) is 0 Å². The van der Waals surface area contributed by atoms with Gasteiger partial charge in [-0.15, -0.1) is 0 Å². The minimum atomic E-state index is -0.581. The molecule has 1 rings (SSSR count). The molecule has 1 N–H and O–H groups in total. The first kappa shape index (κ1) is 14.2. The van der Waals surface area contributed by atoms with Gasteiger partial charge in [-0.1, -0.05) is 20.3 Å². The summed E-state index contributed by atoms with van der Waals surface area (Å²) in [6.45, 7) is 4.40. The van der Waals surface area contributed by atoms with Crippen LogP contribution in [0.15, 0.2) is 0 Å². The molecular weight excluding hydrogens is 218 g/mol. The van der Waals surface area contributed by atoms with Crippen LogP contribution in [0.2, 0.25) is 0 Å². The van der Waals surface area contributed by atoms with E-state index in [9.17, 15) is 4.21 Å². The molecule has 0 amide bonds. The quantitative estimate of drug-likeness (QED) is 0.747. The smallest absolute Gasteiger partial charge is 0.0238 e. The third-order valence-corrected chi connectivity index (χ3v) is 5.05. The molecule has 0 aromatic heterocycles. The molecule has 0 aliphatic heterocycles. The second kappa shape index (κ2) is 7.44. The fourth-order valence-electron chi connectivity index (χ4n) is 2.51. The summed E-state index contributed by atoms with van der Waals surface area (Å²) in [4.78, 5) is 0. The highest BCUT2D eigenvalue weighted by Gasteiger charge is 2.25. The zero-order chi connectivity index (χ0) is 12.0. The highest BCUT2D eigenvalue weighted by molar-refractivity contribution is 7.84. The van der Waals surface area contributed by atoms with E-state index in [0.29, 0.717) is 12.0 Å². The molecule has 0 radical (unpaired) electrons. The van der Waals surface area contributed by atoms with Gasteiger partial charge in [-0.05, 0) is 44.6 Å². The van der Waals surface area contributed by atoms with E-state index in [-0.39, 0.29) is 0 Å². The molecule has 1 fully saturated rings. The Hall–Kier alpha value is 0.110. The highest BCUT2D eigenvalue weighted by atomic mass is 32.2. The van der Waals surface area contributed by atoms with Gasteiger partial charge in [0.15, 0.2) is 0 Å². The normalized spacial score (nSPS) is 27.5. The van der Waals surface area contributed by atoms with Crippen LogP contribution in [-0.2, 0) is 10.8 Å². The minimum Gasteiger partial charge on any atom is -0.317 e. The molecule has 0 bridgehead atoms. The average molecular weight is 245 g/mol. The maximum Gasteiger partial charge on any atom is 0.0238 e. The average Bonchev–Trinajstić information content (AvgIpc) is 2.70. The van der Waals surface area contributed by atoms with E-state index in [2.05, 4.69) is 26.2 Å². The van der Waals surface area contributed by atoms with Crippen molar-refractivity contribution in [2.24, 2.45) is 11.8 Å². The Kier molecular flexibility index (Phi) is 6.59. The van der Waals surface area contributed by atoms with Gasteiger partial charge in [0.2, 0.25) is 0 Å². The molecular formula is C13H27NOS. The minimum absolute atomic E-state index is 0.581. The lowest BCUT2D eigenvalue weighted by molar-refractivity contribution is 0.416. The zero-order valence-corrected chi connectivity index (χ0v) is 11.8. The second-order valence-corrected chi connectivity index (χ2v) is 7.10. The van der Waals surface area contributed by atoms with Crippen molar-refractivity contribution in [2.45, 2.75) is 52.0 Å². The highest BCUT2D eigenvalue weighted by Crippen LogP contribution is 2.28. The van der Waals surface area contributed by atoms with E-state index in [0.717, 1.165) is 30.3 Å². The van der Waals surface area contributed by atoms with Crippen molar-refractivity contribution in [3.05, 3.63) is 0 Å².